The first-order chi connectivity index (χ1) is 12.4. The lowest BCUT2D eigenvalue weighted by atomic mass is 10.2. The summed E-state index contributed by atoms with van der Waals surface area (Å²) in [4.78, 5) is 44.9. The summed E-state index contributed by atoms with van der Waals surface area (Å²) in [5.74, 6) is -1.41. The molecular formula is C17H21N3O6. The number of nitrogens with one attached hydrogen (secondary N) is 3. The van der Waals surface area contributed by atoms with E-state index in [1.54, 1.807) is 37.5 Å². The molecule has 1 aromatic rings. The van der Waals surface area contributed by atoms with Gasteiger partial charge in [0.05, 0.1) is 13.5 Å². The van der Waals surface area contributed by atoms with E-state index in [-0.39, 0.29) is 18.9 Å². The molecule has 0 saturated carbocycles. The summed E-state index contributed by atoms with van der Waals surface area (Å²) in [5.41, 5.74) is 4.93. The Balaban J connectivity index is 2.21. The van der Waals surface area contributed by atoms with Gasteiger partial charge >= 0.3 is 5.97 Å². The van der Waals surface area contributed by atoms with E-state index in [9.17, 15) is 19.2 Å². The fourth-order valence-corrected chi connectivity index (χ4v) is 1.65. The largest absolute Gasteiger partial charge is 0.497 e. The maximum absolute atomic E-state index is 11.7. The van der Waals surface area contributed by atoms with Gasteiger partial charge in [-0.25, -0.2) is 0 Å². The van der Waals surface area contributed by atoms with Crippen LogP contribution in [0.3, 0.4) is 0 Å². The zero-order valence-corrected chi connectivity index (χ0v) is 14.5. The Morgan fingerprint density at radius 2 is 1.77 bits per heavy atom. The van der Waals surface area contributed by atoms with Crippen molar-refractivity contribution in [2.45, 2.75) is 13.3 Å². The van der Waals surface area contributed by atoms with E-state index in [1.807, 2.05) is 5.43 Å². The normalized spacial score (nSPS) is 10.1. The minimum Gasteiger partial charge on any atom is -0.497 e. The Morgan fingerprint density at radius 1 is 1.08 bits per heavy atom. The summed E-state index contributed by atoms with van der Waals surface area (Å²) < 4.78 is 9.72. The van der Waals surface area contributed by atoms with Crippen LogP contribution in [-0.2, 0) is 23.9 Å². The highest BCUT2D eigenvalue weighted by Gasteiger charge is 2.08. The number of hydrazine groups is 1. The van der Waals surface area contributed by atoms with Gasteiger partial charge in [0.15, 0.2) is 6.61 Å². The molecule has 9 heteroatoms. The molecule has 26 heavy (non-hydrogen) atoms. The van der Waals surface area contributed by atoms with Crippen molar-refractivity contribution < 1.29 is 28.7 Å². The third kappa shape index (κ3) is 9.06. The Kier molecular flexibility index (Phi) is 8.94. The van der Waals surface area contributed by atoms with E-state index in [0.29, 0.717) is 0 Å². The molecule has 1 aromatic carbocycles. The molecule has 140 valence electrons. The summed E-state index contributed by atoms with van der Waals surface area (Å²) in [6.07, 6.45) is 2.88. The van der Waals surface area contributed by atoms with Crippen LogP contribution in [0.1, 0.15) is 18.9 Å². The molecule has 0 unspecified atom stereocenters. The van der Waals surface area contributed by atoms with E-state index in [1.165, 1.54) is 13.0 Å². The lowest BCUT2D eigenvalue weighted by Gasteiger charge is -2.06. The first-order valence-corrected chi connectivity index (χ1v) is 7.71. The van der Waals surface area contributed by atoms with Crippen molar-refractivity contribution in [3.05, 3.63) is 35.9 Å². The third-order valence-electron chi connectivity index (χ3n) is 2.91. The number of rotatable bonds is 8. The second kappa shape index (κ2) is 11.2. The van der Waals surface area contributed by atoms with Crippen molar-refractivity contribution in [2.75, 3.05) is 20.3 Å². The van der Waals surface area contributed by atoms with Gasteiger partial charge in [-0.2, -0.15) is 0 Å². The minimum absolute atomic E-state index is 0.0674. The van der Waals surface area contributed by atoms with Gasteiger partial charge in [0, 0.05) is 19.5 Å². The van der Waals surface area contributed by atoms with Crippen LogP contribution >= 0.6 is 0 Å². The zero-order valence-electron chi connectivity index (χ0n) is 14.5. The Bertz CT molecular complexity index is 670. The van der Waals surface area contributed by atoms with E-state index in [4.69, 9.17) is 4.74 Å². The molecule has 1 rings (SSSR count). The predicted molar refractivity (Wildman–Crippen MR) is 92.6 cm³/mol. The fourth-order valence-electron chi connectivity index (χ4n) is 1.65. The monoisotopic (exact) mass is 363 g/mol. The summed E-state index contributed by atoms with van der Waals surface area (Å²) in [6.45, 7) is 0.764. The molecule has 0 heterocycles. The number of esters is 1. The molecule has 0 atom stereocenters. The summed E-state index contributed by atoms with van der Waals surface area (Å²) in [5, 5.41) is 2.53. The van der Waals surface area contributed by atoms with Crippen LogP contribution in [0, 0.1) is 0 Å². The number of methoxy groups -OCH3 is 1. The van der Waals surface area contributed by atoms with Gasteiger partial charge in [-0.3, -0.25) is 30.0 Å². The molecule has 0 saturated heterocycles. The molecule has 0 bridgehead atoms. The molecule has 0 spiro atoms. The summed E-state index contributed by atoms with van der Waals surface area (Å²) in [7, 11) is 1.57. The van der Waals surface area contributed by atoms with Crippen molar-refractivity contribution in [1.29, 1.82) is 0 Å². The standard InChI is InChI=1S/C17H21N3O6/c1-12(21)19-20-16(23)11-26-17(24)9-10-18-15(22)8-5-13-3-6-14(25-2)7-4-13/h3-8H,9-11H2,1-2H3,(H,18,22)(H,19,21)(H,20,23)/b8-5+. The lowest BCUT2D eigenvalue weighted by molar-refractivity contribution is -0.148. The van der Waals surface area contributed by atoms with E-state index < -0.39 is 24.4 Å². The number of carbonyl (C=O) groups is 4. The first kappa shape index (κ1) is 20.7. The van der Waals surface area contributed by atoms with Crippen molar-refractivity contribution in [1.82, 2.24) is 16.2 Å². The average molecular weight is 363 g/mol. The molecular weight excluding hydrogens is 342 g/mol. The highest BCUT2D eigenvalue weighted by molar-refractivity contribution is 5.92. The van der Waals surface area contributed by atoms with E-state index in [0.717, 1.165) is 11.3 Å². The maximum atomic E-state index is 11.7. The molecule has 0 fully saturated rings. The number of hydrogen-bond acceptors (Lipinski definition) is 6. The van der Waals surface area contributed by atoms with Crippen LogP contribution in [0.15, 0.2) is 30.3 Å². The van der Waals surface area contributed by atoms with Gasteiger partial charge < -0.3 is 14.8 Å². The van der Waals surface area contributed by atoms with Crippen LogP contribution in [0.4, 0.5) is 0 Å². The number of benzene rings is 1. The predicted octanol–water partition coefficient (Wildman–Crippen LogP) is -0.0748. The van der Waals surface area contributed by atoms with Gasteiger partial charge in [0.25, 0.3) is 5.91 Å². The van der Waals surface area contributed by atoms with Crippen molar-refractivity contribution >= 4 is 29.8 Å². The first-order valence-electron chi connectivity index (χ1n) is 7.71. The Labute approximate surface area is 150 Å². The third-order valence-corrected chi connectivity index (χ3v) is 2.91. The van der Waals surface area contributed by atoms with Crippen LogP contribution < -0.4 is 20.9 Å². The Morgan fingerprint density at radius 3 is 2.38 bits per heavy atom. The molecule has 3 N–H and O–H groups in total. The second-order valence-corrected chi connectivity index (χ2v) is 5.04. The zero-order chi connectivity index (χ0) is 19.4. The van der Waals surface area contributed by atoms with Crippen molar-refractivity contribution in [3.63, 3.8) is 0 Å². The van der Waals surface area contributed by atoms with Crippen LogP contribution in [0.25, 0.3) is 6.08 Å². The molecule has 0 aliphatic heterocycles. The van der Waals surface area contributed by atoms with Gasteiger partial charge in [0.2, 0.25) is 11.8 Å². The SMILES string of the molecule is COc1ccc(/C=C/C(=O)NCCC(=O)OCC(=O)NNC(C)=O)cc1. The number of ether oxygens (including phenoxy) is 2. The number of amides is 3. The second-order valence-electron chi connectivity index (χ2n) is 5.04. The van der Waals surface area contributed by atoms with Crippen molar-refractivity contribution in [3.8, 4) is 5.75 Å². The van der Waals surface area contributed by atoms with Gasteiger partial charge in [-0.1, -0.05) is 12.1 Å². The van der Waals surface area contributed by atoms with Gasteiger partial charge in [-0.15, -0.1) is 0 Å². The molecule has 0 radical (unpaired) electrons. The van der Waals surface area contributed by atoms with Crippen LogP contribution in [0.2, 0.25) is 0 Å². The van der Waals surface area contributed by atoms with Crippen LogP contribution in [-0.4, -0.2) is 44.0 Å². The summed E-state index contributed by atoms with van der Waals surface area (Å²) in [6, 6.07) is 7.14. The molecule has 0 aromatic heterocycles. The molecule has 0 aliphatic rings. The van der Waals surface area contributed by atoms with Gasteiger partial charge in [0.1, 0.15) is 5.75 Å². The smallest absolute Gasteiger partial charge is 0.308 e. The summed E-state index contributed by atoms with van der Waals surface area (Å²) >= 11 is 0. The molecule has 0 aliphatic carbocycles. The number of hydrogen-bond donors (Lipinski definition) is 3. The number of carbonyl (C=O) groups excluding carboxylic acids is 4. The average Bonchev–Trinajstić information content (AvgIpc) is 2.63. The molecule has 3 amide bonds. The topological polar surface area (TPSA) is 123 Å². The highest BCUT2D eigenvalue weighted by atomic mass is 16.5. The fraction of sp³-hybridized carbons (Fsp3) is 0.294. The highest BCUT2D eigenvalue weighted by Crippen LogP contribution is 2.12. The van der Waals surface area contributed by atoms with Crippen LogP contribution in [0.5, 0.6) is 5.75 Å². The van der Waals surface area contributed by atoms with E-state index >= 15 is 0 Å². The van der Waals surface area contributed by atoms with Gasteiger partial charge in [-0.05, 0) is 23.8 Å². The van der Waals surface area contributed by atoms with E-state index in [2.05, 4.69) is 15.5 Å². The Hall–Kier alpha value is -3.36. The quantitative estimate of drug-likeness (QED) is 0.337. The lowest BCUT2D eigenvalue weighted by Crippen LogP contribution is -2.42. The molecule has 9 nitrogen and oxygen atoms in total. The minimum atomic E-state index is -0.667. The maximum Gasteiger partial charge on any atom is 0.308 e. The van der Waals surface area contributed by atoms with Crippen molar-refractivity contribution in [2.24, 2.45) is 0 Å².